The van der Waals surface area contributed by atoms with Crippen LogP contribution in [0.5, 0.6) is 11.5 Å². The summed E-state index contributed by atoms with van der Waals surface area (Å²) in [4.78, 5) is 0. The number of hydrogen-bond acceptors (Lipinski definition) is 5. The monoisotopic (exact) mass is 222 g/mol. The van der Waals surface area contributed by atoms with E-state index in [1.165, 1.54) is 11.5 Å². The zero-order valence-electron chi connectivity index (χ0n) is 8.43. The standard InChI is InChI=1S/C10H10N2O2S/c1-13-7-3-4-10(14-2)8(5-7)9-6-15-12-11-9/h3-6H,1-2H3. The maximum absolute atomic E-state index is 5.25. The molecule has 0 N–H and O–H groups in total. The van der Waals surface area contributed by atoms with Gasteiger partial charge >= 0.3 is 0 Å². The summed E-state index contributed by atoms with van der Waals surface area (Å²) in [5, 5.41) is 5.88. The molecular weight excluding hydrogens is 212 g/mol. The van der Waals surface area contributed by atoms with Crippen molar-refractivity contribution in [2.75, 3.05) is 14.2 Å². The molecule has 0 atom stereocenters. The number of ether oxygens (including phenoxy) is 2. The van der Waals surface area contributed by atoms with Gasteiger partial charge in [0.15, 0.2) is 0 Å². The number of hydrogen-bond donors (Lipinski definition) is 0. The fraction of sp³-hybridized carbons (Fsp3) is 0.200. The molecule has 1 heterocycles. The lowest BCUT2D eigenvalue weighted by molar-refractivity contribution is 0.404. The van der Waals surface area contributed by atoms with Gasteiger partial charge in [-0.25, -0.2) is 0 Å². The highest BCUT2D eigenvalue weighted by Gasteiger charge is 2.09. The third-order valence-electron chi connectivity index (χ3n) is 2.04. The van der Waals surface area contributed by atoms with E-state index in [0.717, 1.165) is 22.8 Å². The number of methoxy groups -OCH3 is 2. The molecule has 0 unspecified atom stereocenters. The van der Waals surface area contributed by atoms with Gasteiger partial charge in [0, 0.05) is 10.9 Å². The lowest BCUT2D eigenvalue weighted by atomic mass is 10.1. The molecule has 0 bridgehead atoms. The van der Waals surface area contributed by atoms with Gasteiger partial charge in [0.25, 0.3) is 0 Å². The molecule has 15 heavy (non-hydrogen) atoms. The largest absolute Gasteiger partial charge is 0.497 e. The summed E-state index contributed by atoms with van der Waals surface area (Å²) in [6, 6.07) is 5.59. The van der Waals surface area contributed by atoms with Crippen LogP contribution in [0.4, 0.5) is 0 Å². The van der Waals surface area contributed by atoms with E-state index in [4.69, 9.17) is 9.47 Å². The minimum Gasteiger partial charge on any atom is -0.497 e. The molecule has 0 aliphatic rings. The molecule has 4 nitrogen and oxygen atoms in total. The Balaban J connectivity index is 2.52. The van der Waals surface area contributed by atoms with Gasteiger partial charge in [0.2, 0.25) is 0 Å². The predicted molar refractivity (Wildman–Crippen MR) is 58.4 cm³/mol. The molecular formula is C10H10N2O2S. The molecule has 78 valence electrons. The average molecular weight is 222 g/mol. The number of benzene rings is 1. The van der Waals surface area contributed by atoms with E-state index in [9.17, 15) is 0 Å². The topological polar surface area (TPSA) is 44.2 Å². The Labute approximate surface area is 91.6 Å². The van der Waals surface area contributed by atoms with Crippen molar-refractivity contribution in [2.24, 2.45) is 0 Å². The molecule has 0 radical (unpaired) electrons. The quantitative estimate of drug-likeness (QED) is 0.798. The molecule has 0 saturated carbocycles. The van der Waals surface area contributed by atoms with Crippen molar-refractivity contribution in [3.63, 3.8) is 0 Å². The highest BCUT2D eigenvalue weighted by Crippen LogP contribution is 2.32. The average Bonchev–Trinajstić information content (AvgIpc) is 2.81. The first-order valence-electron chi connectivity index (χ1n) is 4.34. The minimum atomic E-state index is 0.767. The highest BCUT2D eigenvalue weighted by atomic mass is 32.1. The van der Waals surface area contributed by atoms with Gasteiger partial charge < -0.3 is 9.47 Å². The summed E-state index contributed by atoms with van der Waals surface area (Å²) in [5.74, 6) is 1.54. The molecule has 0 spiro atoms. The second kappa shape index (κ2) is 4.27. The van der Waals surface area contributed by atoms with Crippen molar-refractivity contribution in [3.05, 3.63) is 23.6 Å². The molecule has 1 aromatic heterocycles. The third-order valence-corrected chi connectivity index (χ3v) is 2.55. The fourth-order valence-electron chi connectivity index (χ4n) is 1.30. The molecule has 0 saturated heterocycles. The van der Waals surface area contributed by atoms with Gasteiger partial charge in [-0.1, -0.05) is 4.49 Å². The summed E-state index contributed by atoms with van der Waals surface area (Å²) >= 11 is 1.31. The van der Waals surface area contributed by atoms with Crippen LogP contribution in [0.2, 0.25) is 0 Å². The smallest absolute Gasteiger partial charge is 0.128 e. The molecule has 1 aromatic carbocycles. The molecule has 0 amide bonds. The SMILES string of the molecule is COc1ccc(OC)c(-c2csnn2)c1. The second-order valence-electron chi connectivity index (χ2n) is 2.86. The Morgan fingerprint density at radius 2 is 2.07 bits per heavy atom. The van der Waals surface area contributed by atoms with Gasteiger partial charge in [-0.05, 0) is 29.7 Å². The van der Waals surface area contributed by atoms with Crippen molar-refractivity contribution in [3.8, 4) is 22.8 Å². The Hall–Kier alpha value is -1.62. The number of aromatic nitrogens is 2. The van der Waals surface area contributed by atoms with E-state index >= 15 is 0 Å². The maximum Gasteiger partial charge on any atom is 0.128 e. The van der Waals surface area contributed by atoms with E-state index in [0.29, 0.717) is 0 Å². The molecule has 5 heteroatoms. The van der Waals surface area contributed by atoms with Crippen LogP contribution in [-0.4, -0.2) is 23.8 Å². The highest BCUT2D eigenvalue weighted by molar-refractivity contribution is 7.03. The maximum atomic E-state index is 5.25. The Morgan fingerprint density at radius 3 is 2.67 bits per heavy atom. The summed E-state index contributed by atoms with van der Waals surface area (Å²) in [6.45, 7) is 0. The number of nitrogens with zero attached hydrogens (tertiary/aromatic N) is 2. The van der Waals surface area contributed by atoms with Crippen LogP contribution in [-0.2, 0) is 0 Å². The van der Waals surface area contributed by atoms with Gasteiger partial charge in [0.05, 0.1) is 14.2 Å². The van der Waals surface area contributed by atoms with Crippen LogP contribution in [0.15, 0.2) is 23.6 Å². The van der Waals surface area contributed by atoms with Gasteiger partial charge in [0.1, 0.15) is 17.2 Å². The Bertz CT molecular complexity index is 443. The van der Waals surface area contributed by atoms with E-state index in [-0.39, 0.29) is 0 Å². The van der Waals surface area contributed by atoms with Crippen molar-refractivity contribution in [1.82, 2.24) is 9.59 Å². The minimum absolute atomic E-state index is 0.767. The first kappa shape index (κ1) is 9.92. The molecule has 2 aromatic rings. The molecule has 0 aliphatic heterocycles. The lowest BCUT2D eigenvalue weighted by Crippen LogP contribution is -1.90. The molecule has 2 rings (SSSR count). The van der Waals surface area contributed by atoms with Crippen molar-refractivity contribution in [2.45, 2.75) is 0 Å². The molecule has 0 fully saturated rings. The third kappa shape index (κ3) is 1.92. The van der Waals surface area contributed by atoms with Crippen LogP contribution in [0.25, 0.3) is 11.3 Å². The zero-order valence-corrected chi connectivity index (χ0v) is 9.25. The normalized spacial score (nSPS) is 10.0. The summed E-state index contributed by atoms with van der Waals surface area (Å²) in [7, 11) is 3.26. The lowest BCUT2D eigenvalue weighted by Gasteiger charge is -2.07. The van der Waals surface area contributed by atoms with Crippen LogP contribution in [0, 0.1) is 0 Å². The number of rotatable bonds is 3. The van der Waals surface area contributed by atoms with Crippen LogP contribution >= 0.6 is 11.5 Å². The van der Waals surface area contributed by atoms with E-state index < -0.39 is 0 Å². The van der Waals surface area contributed by atoms with Gasteiger partial charge in [-0.15, -0.1) is 5.10 Å². The summed E-state index contributed by atoms with van der Waals surface area (Å²) < 4.78 is 14.2. The van der Waals surface area contributed by atoms with Crippen LogP contribution in [0.3, 0.4) is 0 Å². The first-order valence-corrected chi connectivity index (χ1v) is 5.18. The molecule has 0 aliphatic carbocycles. The van der Waals surface area contributed by atoms with Gasteiger partial charge in [-0.2, -0.15) is 0 Å². The van der Waals surface area contributed by atoms with Gasteiger partial charge in [-0.3, -0.25) is 0 Å². The Morgan fingerprint density at radius 1 is 1.20 bits per heavy atom. The van der Waals surface area contributed by atoms with Crippen molar-refractivity contribution < 1.29 is 9.47 Å². The Kier molecular flexibility index (Phi) is 2.82. The first-order chi connectivity index (χ1) is 7.35. The van der Waals surface area contributed by atoms with Crippen molar-refractivity contribution >= 4 is 11.5 Å². The predicted octanol–water partition coefficient (Wildman–Crippen LogP) is 2.22. The van der Waals surface area contributed by atoms with Crippen LogP contribution in [0.1, 0.15) is 0 Å². The second-order valence-corrected chi connectivity index (χ2v) is 3.47. The van der Waals surface area contributed by atoms with Crippen LogP contribution < -0.4 is 9.47 Å². The summed E-state index contributed by atoms with van der Waals surface area (Å²) in [5.41, 5.74) is 1.70. The fourth-order valence-corrected chi connectivity index (χ4v) is 1.75. The van der Waals surface area contributed by atoms with E-state index in [1.54, 1.807) is 14.2 Å². The van der Waals surface area contributed by atoms with E-state index in [2.05, 4.69) is 9.59 Å². The zero-order chi connectivity index (χ0) is 10.7. The van der Waals surface area contributed by atoms with Crippen molar-refractivity contribution in [1.29, 1.82) is 0 Å². The van der Waals surface area contributed by atoms with E-state index in [1.807, 2.05) is 23.6 Å². The summed E-state index contributed by atoms with van der Waals surface area (Å²) in [6.07, 6.45) is 0.